The Morgan fingerprint density at radius 3 is 0.636 bits per heavy atom. The quantitative estimate of drug-likeness (QED) is 0.233. The third-order valence-corrected chi connectivity index (χ3v) is 9.15. The second-order valence-electron chi connectivity index (χ2n) is 11.9. The summed E-state index contributed by atoms with van der Waals surface area (Å²) >= 11 is 0. The zero-order valence-electron chi connectivity index (χ0n) is 22.0. The Labute approximate surface area is 234 Å². The Morgan fingerprint density at radius 2 is 0.576 bits per heavy atom. The number of rotatable bonds is 0. The second-order valence-corrected chi connectivity index (χ2v) is 47.2. The van der Waals surface area contributed by atoms with E-state index in [1.165, 1.54) is 0 Å². The van der Waals surface area contributed by atoms with E-state index in [1.807, 2.05) is 0 Å². The van der Waals surface area contributed by atoms with Crippen molar-refractivity contribution < 1.29 is 12.4 Å². The van der Waals surface area contributed by atoms with E-state index in [-0.39, 0.29) is 52.3 Å². The molecule has 0 fully saturated rings. The summed E-state index contributed by atoms with van der Waals surface area (Å²) in [5, 5.41) is 0. The van der Waals surface area contributed by atoms with Gasteiger partial charge in [-0.1, -0.05) is 0 Å². The van der Waals surface area contributed by atoms with E-state index in [0.717, 1.165) is 0 Å². The van der Waals surface area contributed by atoms with Crippen LogP contribution < -0.4 is 12.4 Å². The van der Waals surface area contributed by atoms with Gasteiger partial charge in [-0.25, -0.2) is 18.7 Å². The molecule has 0 saturated heterocycles. The van der Waals surface area contributed by atoms with Crippen molar-refractivity contribution in [1.82, 2.24) is 18.7 Å². The fourth-order valence-corrected chi connectivity index (χ4v) is 4.83. The first-order valence-electron chi connectivity index (χ1n) is 10.6. The molecule has 0 unspecified atom stereocenters. The summed E-state index contributed by atoms with van der Waals surface area (Å²) in [6.07, 6.45) is 8.89. The molecule has 13 heteroatoms. The van der Waals surface area contributed by atoms with Gasteiger partial charge in [0.15, 0.2) is 17.8 Å². The van der Waals surface area contributed by atoms with Crippen molar-refractivity contribution in [3.8, 4) is 0 Å². The predicted octanol–water partition coefficient (Wildman–Crippen LogP) is 5.90. The van der Waals surface area contributed by atoms with Crippen LogP contribution in [0.3, 0.4) is 0 Å². The Kier molecular flexibility index (Phi) is 14.1. The molecule has 0 bridgehead atoms. The molecule has 4 nitrogen and oxygen atoms in total. The molecule has 0 aromatic heterocycles. The van der Waals surface area contributed by atoms with Crippen molar-refractivity contribution in [2.24, 2.45) is 0 Å². The van der Waals surface area contributed by atoms with Gasteiger partial charge >= 0.3 is 57.6 Å². The molecule has 0 saturated carbocycles. The van der Waals surface area contributed by atoms with Crippen LogP contribution in [0.2, 0.25) is 0 Å². The van der Waals surface area contributed by atoms with Crippen molar-refractivity contribution in [3.63, 3.8) is 0 Å². The summed E-state index contributed by atoms with van der Waals surface area (Å²) in [4.78, 5) is 0. The molecule has 2 rings (SSSR count). The van der Waals surface area contributed by atoms with Crippen molar-refractivity contribution in [2.75, 3.05) is 0 Å². The fraction of sp³-hybridized carbons (Fsp3) is 0.800. The summed E-state index contributed by atoms with van der Waals surface area (Å²) in [5.41, 5.74) is 1.08. The second kappa shape index (κ2) is 12.6. The van der Waals surface area contributed by atoms with Crippen molar-refractivity contribution in [1.29, 1.82) is 0 Å². The molecule has 200 valence electrons. The van der Waals surface area contributed by atoms with E-state index in [0.29, 0.717) is 0 Å². The van der Waals surface area contributed by atoms with Crippen LogP contribution in [0.25, 0.3) is 0 Å². The summed E-state index contributed by atoms with van der Waals surface area (Å²) in [5.74, 6) is 0. The van der Waals surface area contributed by atoms with Crippen LogP contribution in [0.15, 0.2) is 24.8 Å². The van der Waals surface area contributed by atoms with Gasteiger partial charge in [0.25, 0.3) is 0 Å². The Balaban J connectivity index is 0. The van der Waals surface area contributed by atoms with Gasteiger partial charge < -0.3 is 12.4 Å². The minimum atomic E-state index is -4.24. The molecule has 0 atom stereocenters. The van der Waals surface area contributed by atoms with E-state index in [2.05, 4.69) is 127 Å². The Bertz CT molecular complexity index is 563. The average molecular weight is 688 g/mol. The minimum absolute atomic E-state index is 0. The summed E-state index contributed by atoms with van der Waals surface area (Å²) < 4.78 is 9.77. The standard InChI is InChI=1S/2C10H21N2P.Cl5Ge.ClH/c2*1-9(2,3)11-7-8-12(13-11)10(4,5)6;1-6(2,3,4)5;/h2*7-8,13H,1-6H3;;1H/q;;-1;/p+1. The van der Waals surface area contributed by atoms with E-state index < -0.39 is 7.54 Å². The topological polar surface area (TPSA) is 13.0 Å². The molecule has 0 N–H and O–H groups in total. The van der Waals surface area contributed by atoms with Gasteiger partial charge in [-0.05, 0) is 83.1 Å². The molecule has 33 heavy (non-hydrogen) atoms. The van der Waals surface area contributed by atoms with Crippen LogP contribution >= 0.6 is 67.8 Å². The van der Waals surface area contributed by atoms with Gasteiger partial charge in [-0.15, -0.1) is 0 Å². The van der Waals surface area contributed by atoms with Crippen LogP contribution in [-0.2, 0) is 0 Å². The number of hydrogen-bond acceptors (Lipinski definition) is 4. The molecule has 2 heterocycles. The first-order chi connectivity index (χ1) is 13.7. The van der Waals surface area contributed by atoms with Gasteiger partial charge in [0.05, 0.1) is 47.0 Å². The molecule has 0 radical (unpaired) electrons. The molecule has 2 aliphatic heterocycles. The van der Waals surface area contributed by atoms with E-state index >= 15 is 0 Å². The van der Waals surface area contributed by atoms with Gasteiger partial charge in [0.2, 0.25) is 0 Å². The fourth-order valence-electron chi connectivity index (χ4n) is 2.30. The van der Waals surface area contributed by atoms with Crippen LogP contribution in [0.4, 0.5) is 0 Å². The third-order valence-electron chi connectivity index (χ3n) is 4.37. The maximum absolute atomic E-state index is 5.04. The third kappa shape index (κ3) is 17.8. The first-order valence-corrected chi connectivity index (χ1v) is 26.4. The number of nitrogens with zero attached hydrogens (tertiary/aromatic N) is 4. The van der Waals surface area contributed by atoms with Crippen molar-refractivity contribution in [3.05, 3.63) is 24.8 Å². The zero-order valence-corrected chi connectivity index (χ0v) is 31.0. The van der Waals surface area contributed by atoms with E-state index in [4.69, 9.17) is 50.0 Å². The molecule has 0 amide bonds. The zero-order chi connectivity index (χ0) is 26.0. The van der Waals surface area contributed by atoms with Crippen molar-refractivity contribution >= 4 is 75.3 Å². The van der Waals surface area contributed by atoms with Gasteiger partial charge in [0, 0.05) is 0 Å². The Hall–Kier alpha value is 1.82. The molecule has 2 aliphatic rings. The number of hydrogen-bond donors (Lipinski definition) is 0. The molecule has 0 aliphatic carbocycles. The summed E-state index contributed by atoms with van der Waals surface area (Å²) in [6, 6.07) is 0. The summed E-state index contributed by atoms with van der Waals surface area (Å²) in [6.45, 7) is 27.1. The molecule has 0 aromatic rings. The monoisotopic (exact) mass is 686 g/mol. The normalized spacial score (nSPS) is 18.2. The molecule has 0 spiro atoms. The van der Waals surface area contributed by atoms with Crippen LogP contribution in [0, 0.1) is 0 Å². The predicted molar refractivity (Wildman–Crippen MR) is 159 cm³/mol. The van der Waals surface area contributed by atoms with Crippen LogP contribution in [0.1, 0.15) is 83.1 Å². The van der Waals surface area contributed by atoms with E-state index in [9.17, 15) is 0 Å². The maximum atomic E-state index is 5.04. The molecule has 0 aromatic carbocycles. The average Bonchev–Trinajstić information content (AvgIpc) is 3.13. The SMILES string of the molecule is CC(C)(C)N1C=CN(C(C)(C)C)[PH2+]1.CC(C)(C)N1C=CN(C(C)(C)C)[PH2+]1.[Cl-].[Cl][Ge-]([Cl])([Cl])([Cl])[Cl]. The summed E-state index contributed by atoms with van der Waals surface area (Å²) in [7, 11) is 21.4. The van der Waals surface area contributed by atoms with Crippen molar-refractivity contribution in [2.45, 2.75) is 105 Å². The van der Waals surface area contributed by atoms with Crippen LogP contribution in [0.5, 0.6) is 0 Å². The van der Waals surface area contributed by atoms with Crippen LogP contribution in [-0.4, -0.2) is 48.4 Å². The van der Waals surface area contributed by atoms with E-state index in [1.54, 1.807) is 0 Å². The Morgan fingerprint density at radius 1 is 0.455 bits per heavy atom. The molecular weight excluding hydrogens is 644 g/mol. The van der Waals surface area contributed by atoms with Gasteiger partial charge in [0.1, 0.15) is 0 Å². The molecular formula is C20H44Cl6GeN4P2. The number of halogens is 6. The first kappa shape index (κ1) is 37.0. The van der Waals surface area contributed by atoms with Gasteiger partial charge in [-0.3, -0.25) is 0 Å². The van der Waals surface area contributed by atoms with Gasteiger partial charge in [-0.2, -0.15) is 0 Å².